The van der Waals surface area contributed by atoms with Crippen molar-refractivity contribution in [2.24, 2.45) is 5.41 Å². The van der Waals surface area contributed by atoms with Crippen molar-refractivity contribution in [1.29, 1.82) is 0 Å². The Balaban J connectivity index is 0.00000162. The molecule has 100 valence electrons. The average molecular weight is 269 g/mol. The number of hydrogen-bond acceptors (Lipinski definition) is 2. The van der Waals surface area contributed by atoms with Crippen LogP contribution >= 0.6 is 12.4 Å². The molecule has 1 aromatic rings. The Hall–Kier alpha value is -1.06. The lowest BCUT2D eigenvalue weighted by Crippen LogP contribution is -2.41. The van der Waals surface area contributed by atoms with Crippen molar-refractivity contribution in [2.45, 2.75) is 19.9 Å². The molecule has 1 atom stereocenters. The minimum atomic E-state index is -0.219. The van der Waals surface area contributed by atoms with Crippen LogP contribution in [-0.2, 0) is 11.3 Å². The summed E-state index contributed by atoms with van der Waals surface area (Å²) in [5.41, 5.74) is 0.960. The third kappa shape index (κ3) is 3.24. The molecule has 0 aliphatic carbocycles. The first-order chi connectivity index (χ1) is 8.12. The van der Waals surface area contributed by atoms with Crippen molar-refractivity contribution in [3.05, 3.63) is 35.9 Å². The van der Waals surface area contributed by atoms with E-state index in [0.717, 1.165) is 19.5 Å². The fourth-order valence-electron chi connectivity index (χ4n) is 2.39. The fraction of sp³-hybridized carbons (Fsp3) is 0.500. The molecule has 4 heteroatoms. The van der Waals surface area contributed by atoms with E-state index < -0.39 is 0 Å². The zero-order valence-electron chi connectivity index (χ0n) is 11.0. The van der Waals surface area contributed by atoms with Crippen molar-refractivity contribution >= 4 is 18.3 Å². The number of nitrogens with zero attached hydrogens (tertiary/aromatic N) is 1. The molecule has 1 fully saturated rings. The molecule has 1 saturated heterocycles. The fourth-order valence-corrected chi connectivity index (χ4v) is 2.39. The summed E-state index contributed by atoms with van der Waals surface area (Å²) < 4.78 is 0. The van der Waals surface area contributed by atoms with Gasteiger partial charge < -0.3 is 10.2 Å². The summed E-state index contributed by atoms with van der Waals surface area (Å²) in [6.45, 7) is 4.48. The van der Waals surface area contributed by atoms with Gasteiger partial charge in [-0.25, -0.2) is 0 Å². The second-order valence-corrected chi connectivity index (χ2v) is 5.13. The molecule has 1 aliphatic rings. The zero-order chi connectivity index (χ0) is 12.3. The molecule has 0 aromatic heterocycles. The second kappa shape index (κ2) is 6.21. The highest BCUT2D eigenvalue weighted by Gasteiger charge is 2.38. The van der Waals surface area contributed by atoms with Crippen molar-refractivity contribution in [3.8, 4) is 0 Å². The number of benzene rings is 1. The highest BCUT2D eigenvalue weighted by Crippen LogP contribution is 2.27. The molecule has 0 spiro atoms. The van der Waals surface area contributed by atoms with Crippen molar-refractivity contribution in [2.75, 3.05) is 20.1 Å². The molecule has 1 aromatic carbocycles. The first kappa shape index (κ1) is 15.0. The summed E-state index contributed by atoms with van der Waals surface area (Å²) in [4.78, 5) is 14.2. The molecule has 0 saturated carbocycles. The Labute approximate surface area is 115 Å². The molecule has 18 heavy (non-hydrogen) atoms. The third-order valence-corrected chi connectivity index (χ3v) is 3.49. The largest absolute Gasteiger partial charge is 0.341 e. The van der Waals surface area contributed by atoms with Crippen LogP contribution < -0.4 is 5.32 Å². The summed E-state index contributed by atoms with van der Waals surface area (Å²) in [5, 5.41) is 3.26. The zero-order valence-corrected chi connectivity index (χ0v) is 11.8. The van der Waals surface area contributed by atoms with Crippen LogP contribution in [0.15, 0.2) is 30.3 Å². The van der Waals surface area contributed by atoms with E-state index in [0.29, 0.717) is 6.54 Å². The summed E-state index contributed by atoms with van der Waals surface area (Å²) in [5.74, 6) is 0.242. The van der Waals surface area contributed by atoms with E-state index in [1.807, 2.05) is 30.1 Å². The van der Waals surface area contributed by atoms with Crippen molar-refractivity contribution in [3.63, 3.8) is 0 Å². The average Bonchev–Trinajstić information content (AvgIpc) is 2.78. The predicted octanol–water partition coefficient (Wildman–Crippen LogP) is 2.07. The summed E-state index contributed by atoms with van der Waals surface area (Å²) in [6, 6.07) is 10.1. The molecule has 1 heterocycles. The van der Waals surface area contributed by atoms with Gasteiger partial charge in [-0.3, -0.25) is 4.79 Å². The summed E-state index contributed by atoms with van der Waals surface area (Å²) in [7, 11) is 1.89. The van der Waals surface area contributed by atoms with Crippen LogP contribution in [0.3, 0.4) is 0 Å². The SMILES string of the molecule is CN(Cc1ccccc1)C(=O)C1(C)CCNC1.Cl. The molecule has 3 nitrogen and oxygen atoms in total. The number of rotatable bonds is 3. The van der Waals surface area contributed by atoms with Crippen LogP contribution in [0, 0.1) is 5.41 Å². The number of nitrogens with one attached hydrogen (secondary N) is 1. The number of carbonyl (C=O) groups is 1. The Bertz CT molecular complexity index is 388. The highest BCUT2D eigenvalue weighted by atomic mass is 35.5. The monoisotopic (exact) mass is 268 g/mol. The number of amides is 1. The Kier molecular flexibility index (Phi) is 5.17. The summed E-state index contributed by atoms with van der Waals surface area (Å²) in [6.07, 6.45) is 0.935. The van der Waals surface area contributed by atoms with Crippen molar-refractivity contribution < 1.29 is 4.79 Å². The van der Waals surface area contributed by atoms with Gasteiger partial charge in [-0.1, -0.05) is 30.3 Å². The maximum Gasteiger partial charge on any atom is 0.229 e. The highest BCUT2D eigenvalue weighted by molar-refractivity contribution is 5.85. The molecule has 2 rings (SSSR count). The summed E-state index contributed by atoms with van der Waals surface area (Å²) >= 11 is 0. The van der Waals surface area contributed by atoms with E-state index in [4.69, 9.17) is 0 Å². The van der Waals surface area contributed by atoms with E-state index in [9.17, 15) is 4.79 Å². The lowest BCUT2D eigenvalue weighted by molar-refractivity contribution is -0.139. The van der Waals surface area contributed by atoms with Gasteiger partial charge in [0.2, 0.25) is 5.91 Å². The van der Waals surface area contributed by atoms with E-state index in [2.05, 4.69) is 24.4 Å². The maximum absolute atomic E-state index is 12.4. The lowest BCUT2D eigenvalue weighted by Gasteiger charge is -2.28. The smallest absolute Gasteiger partial charge is 0.229 e. The van der Waals surface area contributed by atoms with Gasteiger partial charge in [0.1, 0.15) is 0 Å². The van der Waals surface area contributed by atoms with Crippen LogP contribution in [0.25, 0.3) is 0 Å². The van der Waals surface area contributed by atoms with Crippen molar-refractivity contribution in [1.82, 2.24) is 10.2 Å². The number of hydrogen-bond donors (Lipinski definition) is 1. The molecule has 1 unspecified atom stereocenters. The molecule has 1 amide bonds. The van der Waals surface area contributed by atoms with Gasteiger partial charge in [0.25, 0.3) is 0 Å². The minimum absolute atomic E-state index is 0. The quantitative estimate of drug-likeness (QED) is 0.910. The Morgan fingerprint density at radius 1 is 1.39 bits per heavy atom. The second-order valence-electron chi connectivity index (χ2n) is 5.13. The van der Waals surface area contributed by atoms with Crippen LogP contribution in [0.1, 0.15) is 18.9 Å². The number of halogens is 1. The molecule has 0 bridgehead atoms. The normalized spacial score (nSPS) is 22.3. The predicted molar refractivity (Wildman–Crippen MR) is 75.8 cm³/mol. The Morgan fingerprint density at radius 2 is 2.06 bits per heavy atom. The first-order valence-electron chi connectivity index (χ1n) is 6.12. The topological polar surface area (TPSA) is 32.3 Å². The molecule has 1 N–H and O–H groups in total. The van der Waals surface area contributed by atoms with Gasteiger partial charge in [0, 0.05) is 20.1 Å². The van der Waals surface area contributed by atoms with Gasteiger partial charge in [-0.2, -0.15) is 0 Å². The standard InChI is InChI=1S/C14H20N2O.ClH/c1-14(8-9-15-11-14)13(17)16(2)10-12-6-4-3-5-7-12;/h3-7,15H,8-11H2,1-2H3;1H. The van der Waals surface area contributed by atoms with Crippen LogP contribution in [-0.4, -0.2) is 30.9 Å². The van der Waals surface area contributed by atoms with E-state index in [-0.39, 0.29) is 23.7 Å². The number of carbonyl (C=O) groups excluding carboxylic acids is 1. The van der Waals surface area contributed by atoms with E-state index in [1.165, 1.54) is 5.56 Å². The van der Waals surface area contributed by atoms with E-state index in [1.54, 1.807) is 0 Å². The van der Waals surface area contributed by atoms with Crippen LogP contribution in [0.4, 0.5) is 0 Å². The van der Waals surface area contributed by atoms with Crippen LogP contribution in [0.5, 0.6) is 0 Å². The third-order valence-electron chi connectivity index (χ3n) is 3.49. The van der Waals surface area contributed by atoms with E-state index >= 15 is 0 Å². The van der Waals surface area contributed by atoms with Gasteiger partial charge in [0.05, 0.1) is 5.41 Å². The molecular formula is C14H21ClN2O. The van der Waals surface area contributed by atoms with Crippen LogP contribution in [0.2, 0.25) is 0 Å². The van der Waals surface area contributed by atoms with Gasteiger partial charge in [0.15, 0.2) is 0 Å². The first-order valence-corrected chi connectivity index (χ1v) is 6.12. The lowest BCUT2D eigenvalue weighted by atomic mass is 9.88. The maximum atomic E-state index is 12.4. The molecule has 0 radical (unpaired) electrons. The van der Waals surface area contributed by atoms with Gasteiger partial charge in [-0.05, 0) is 25.5 Å². The van der Waals surface area contributed by atoms with Gasteiger partial charge in [-0.15, -0.1) is 12.4 Å². The minimum Gasteiger partial charge on any atom is -0.341 e. The van der Waals surface area contributed by atoms with Gasteiger partial charge >= 0.3 is 0 Å². The molecule has 1 aliphatic heterocycles. The molecular weight excluding hydrogens is 248 g/mol. The Morgan fingerprint density at radius 3 is 2.61 bits per heavy atom.